The quantitative estimate of drug-likeness (QED) is 0.701. The minimum absolute atomic E-state index is 0.0756. The lowest BCUT2D eigenvalue weighted by Gasteiger charge is -2.36. The van der Waals surface area contributed by atoms with E-state index in [9.17, 15) is 4.79 Å². The lowest BCUT2D eigenvalue weighted by Crippen LogP contribution is -2.48. The van der Waals surface area contributed by atoms with Crippen LogP contribution >= 0.6 is 0 Å². The van der Waals surface area contributed by atoms with E-state index in [4.69, 9.17) is 4.52 Å². The fourth-order valence-corrected chi connectivity index (χ4v) is 3.38. The van der Waals surface area contributed by atoms with Crippen LogP contribution in [0.4, 0.5) is 11.5 Å². The molecule has 1 amide bonds. The van der Waals surface area contributed by atoms with Gasteiger partial charge in [0.05, 0.1) is 5.52 Å². The second kappa shape index (κ2) is 6.86. The van der Waals surface area contributed by atoms with Gasteiger partial charge in [-0.05, 0) is 25.1 Å². The molecule has 3 aromatic rings. The van der Waals surface area contributed by atoms with Crippen molar-refractivity contribution in [3.63, 3.8) is 0 Å². The molecule has 0 aliphatic carbocycles. The lowest BCUT2D eigenvalue weighted by atomic mass is 10.1. The molecule has 0 saturated carbocycles. The topological polar surface area (TPSA) is 78.6 Å². The third kappa shape index (κ3) is 3.30. The van der Waals surface area contributed by atoms with Crippen molar-refractivity contribution in [2.75, 3.05) is 50.1 Å². The van der Waals surface area contributed by atoms with Crippen molar-refractivity contribution in [1.29, 1.82) is 0 Å². The average Bonchev–Trinajstić information content (AvgIpc) is 3.13. The summed E-state index contributed by atoms with van der Waals surface area (Å²) in [5, 5.41) is 4.85. The number of carbonyl (C=O) groups is 1. The van der Waals surface area contributed by atoms with Crippen LogP contribution in [0, 0.1) is 6.92 Å². The normalized spacial score (nSPS) is 14.6. The Morgan fingerprint density at radius 1 is 1.11 bits per heavy atom. The third-order valence-corrected chi connectivity index (χ3v) is 4.80. The molecule has 3 heterocycles. The largest absolute Gasteiger partial charge is 0.368 e. The van der Waals surface area contributed by atoms with E-state index < -0.39 is 0 Å². The van der Waals surface area contributed by atoms with Crippen molar-refractivity contribution in [2.45, 2.75) is 6.92 Å². The molecular formula is C19H22N6O2. The maximum atomic E-state index is 12.5. The molecule has 0 unspecified atom stereocenters. The number of aryl methyl sites for hydroxylation is 1. The highest BCUT2D eigenvalue weighted by atomic mass is 16.5. The number of fused-ring (bicyclic) bond motifs is 1. The van der Waals surface area contributed by atoms with Crippen LogP contribution in [0.25, 0.3) is 10.9 Å². The Labute approximate surface area is 157 Å². The summed E-state index contributed by atoms with van der Waals surface area (Å²) >= 11 is 0. The zero-order chi connectivity index (χ0) is 19.0. The molecule has 27 heavy (non-hydrogen) atoms. The number of hydrogen-bond acceptors (Lipinski definition) is 7. The standard InChI is InChI=1S/C19H22N6O2/c1-13-10-17(22-27-13)19(26)25-8-6-24(7-9-25)14-4-5-16-15(11-14)18(23(2)3)21-12-20-16/h4-5,10-12H,6-9H2,1-3H3. The van der Waals surface area contributed by atoms with Crippen molar-refractivity contribution in [3.8, 4) is 0 Å². The van der Waals surface area contributed by atoms with Gasteiger partial charge in [-0.3, -0.25) is 4.79 Å². The first-order chi connectivity index (χ1) is 13.0. The maximum absolute atomic E-state index is 12.5. The number of aromatic nitrogens is 3. The summed E-state index contributed by atoms with van der Waals surface area (Å²) < 4.78 is 5.01. The molecule has 1 fully saturated rings. The molecule has 0 atom stereocenters. The molecule has 1 aliphatic heterocycles. The molecule has 0 N–H and O–H groups in total. The minimum atomic E-state index is -0.0756. The molecule has 4 rings (SSSR count). The van der Waals surface area contributed by atoms with Crippen molar-refractivity contribution in [1.82, 2.24) is 20.0 Å². The summed E-state index contributed by atoms with van der Waals surface area (Å²) in [6.45, 7) is 4.61. The van der Waals surface area contributed by atoms with E-state index in [1.807, 2.05) is 30.0 Å². The molecule has 0 bridgehead atoms. The number of benzene rings is 1. The average molecular weight is 366 g/mol. The third-order valence-electron chi connectivity index (χ3n) is 4.80. The van der Waals surface area contributed by atoms with E-state index in [-0.39, 0.29) is 5.91 Å². The van der Waals surface area contributed by atoms with Gasteiger partial charge in [-0.25, -0.2) is 9.97 Å². The number of carbonyl (C=O) groups excluding carboxylic acids is 1. The number of amides is 1. The number of rotatable bonds is 3. The summed E-state index contributed by atoms with van der Waals surface area (Å²) in [6.07, 6.45) is 1.59. The molecule has 140 valence electrons. The molecule has 8 heteroatoms. The van der Waals surface area contributed by atoms with Crippen LogP contribution in [0.15, 0.2) is 35.1 Å². The minimum Gasteiger partial charge on any atom is -0.368 e. The first-order valence-electron chi connectivity index (χ1n) is 8.92. The number of hydrogen-bond donors (Lipinski definition) is 0. The van der Waals surface area contributed by atoms with Crippen LogP contribution in [0.3, 0.4) is 0 Å². The van der Waals surface area contributed by atoms with Crippen molar-refractivity contribution in [3.05, 3.63) is 42.0 Å². The molecule has 1 aromatic carbocycles. The molecular weight excluding hydrogens is 344 g/mol. The van der Waals surface area contributed by atoms with Gasteiger partial charge in [0.1, 0.15) is 17.9 Å². The van der Waals surface area contributed by atoms with Gasteiger partial charge < -0.3 is 19.2 Å². The second-order valence-corrected chi connectivity index (χ2v) is 6.90. The molecule has 1 saturated heterocycles. The molecule has 1 aliphatic rings. The lowest BCUT2D eigenvalue weighted by molar-refractivity contribution is 0.0736. The summed E-state index contributed by atoms with van der Waals surface area (Å²) in [4.78, 5) is 27.4. The highest BCUT2D eigenvalue weighted by molar-refractivity contribution is 5.93. The Hall–Kier alpha value is -3.16. The van der Waals surface area contributed by atoms with E-state index in [1.165, 1.54) is 0 Å². The van der Waals surface area contributed by atoms with E-state index in [0.29, 0.717) is 24.5 Å². The van der Waals surface area contributed by atoms with Crippen molar-refractivity contribution >= 4 is 28.3 Å². The van der Waals surface area contributed by atoms with Gasteiger partial charge in [0.25, 0.3) is 5.91 Å². The fraction of sp³-hybridized carbons (Fsp3) is 0.368. The molecule has 0 radical (unpaired) electrons. The summed E-state index contributed by atoms with van der Waals surface area (Å²) in [7, 11) is 3.95. The predicted octanol–water partition coefficient (Wildman–Crippen LogP) is 1.95. The van der Waals surface area contributed by atoms with Gasteiger partial charge in [0.2, 0.25) is 0 Å². The van der Waals surface area contributed by atoms with Crippen LogP contribution < -0.4 is 9.80 Å². The van der Waals surface area contributed by atoms with Crippen molar-refractivity contribution < 1.29 is 9.32 Å². The van der Waals surface area contributed by atoms with E-state index in [2.05, 4.69) is 32.2 Å². The SMILES string of the molecule is Cc1cc(C(=O)N2CCN(c3ccc4ncnc(N(C)C)c4c3)CC2)no1. The Balaban J connectivity index is 1.51. The first-order valence-corrected chi connectivity index (χ1v) is 8.92. The van der Waals surface area contributed by atoms with Crippen molar-refractivity contribution in [2.24, 2.45) is 0 Å². The van der Waals surface area contributed by atoms with Crippen LogP contribution in [-0.2, 0) is 0 Å². The Kier molecular flexibility index (Phi) is 4.39. The van der Waals surface area contributed by atoms with Crippen LogP contribution in [-0.4, -0.2) is 66.2 Å². The highest BCUT2D eigenvalue weighted by Gasteiger charge is 2.24. The number of piperazine rings is 1. The van der Waals surface area contributed by atoms with Gasteiger partial charge in [0.15, 0.2) is 5.69 Å². The van der Waals surface area contributed by atoms with Crippen LogP contribution in [0.5, 0.6) is 0 Å². The first kappa shape index (κ1) is 17.3. The molecule has 2 aromatic heterocycles. The Morgan fingerprint density at radius 2 is 1.89 bits per heavy atom. The van der Waals surface area contributed by atoms with Crippen LogP contribution in [0.1, 0.15) is 16.2 Å². The van der Waals surface area contributed by atoms with E-state index in [0.717, 1.165) is 35.5 Å². The van der Waals surface area contributed by atoms with Gasteiger partial charge in [-0.15, -0.1) is 0 Å². The Morgan fingerprint density at radius 3 is 2.56 bits per heavy atom. The summed E-state index contributed by atoms with van der Waals surface area (Å²) in [5.41, 5.74) is 2.41. The summed E-state index contributed by atoms with van der Waals surface area (Å²) in [5.74, 6) is 1.47. The molecule has 0 spiro atoms. The monoisotopic (exact) mass is 366 g/mol. The zero-order valence-corrected chi connectivity index (χ0v) is 15.7. The zero-order valence-electron chi connectivity index (χ0n) is 15.7. The highest BCUT2D eigenvalue weighted by Crippen LogP contribution is 2.27. The predicted molar refractivity (Wildman–Crippen MR) is 103 cm³/mol. The van der Waals surface area contributed by atoms with E-state index >= 15 is 0 Å². The van der Waals surface area contributed by atoms with Gasteiger partial charge in [0, 0.05) is 57.4 Å². The summed E-state index contributed by atoms with van der Waals surface area (Å²) in [6, 6.07) is 7.91. The van der Waals surface area contributed by atoms with Crippen LogP contribution in [0.2, 0.25) is 0 Å². The maximum Gasteiger partial charge on any atom is 0.276 e. The smallest absolute Gasteiger partial charge is 0.276 e. The second-order valence-electron chi connectivity index (χ2n) is 6.90. The van der Waals surface area contributed by atoms with Gasteiger partial charge in [-0.2, -0.15) is 0 Å². The Bertz CT molecular complexity index is 975. The van der Waals surface area contributed by atoms with E-state index in [1.54, 1.807) is 19.3 Å². The molecule has 8 nitrogen and oxygen atoms in total. The van der Waals surface area contributed by atoms with Gasteiger partial charge in [-0.1, -0.05) is 5.16 Å². The number of nitrogens with zero attached hydrogens (tertiary/aromatic N) is 6. The fourth-order valence-electron chi connectivity index (χ4n) is 3.38. The number of anilines is 2. The van der Waals surface area contributed by atoms with Gasteiger partial charge >= 0.3 is 0 Å².